The Hall–Kier alpha value is -3.52. The lowest BCUT2D eigenvalue weighted by Crippen LogP contribution is -2.48. The number of thiazole rings is 1. The average Bonchev–Trinajstić information content (AvgIpc) is 3.58. The molecule has 0 radical (unpaired) electrons. The van der Waals surface area contributed by atoms with Crippen molar-refractivity contribution in [1.29, 1.82) is 0 Å². The minimum atomic E-state index is -4.40. The van der Waals surface area contributed by atoms with E-state index < -0.39 is 34.4 Å². The summed E-state index contributed by atoms with van der Waals surface area (Å²) in [5.74, 6) is -0.433. The Kier molecular flexibility index (Phi) is 10.2. The predicted molar refractivity (Wildman–Crippen MR) is 150 cm³/mol. The molecule has 0 aliphatic carbocycles. The lowest BCUT2D eigenvalue weighted by atomic mass is 10.0. The van der Waals surface area contributed by atoms with Crippen LogP contribution in [0.25, 0.3) is 9.88 Å². The molecule has 3 rings (SSSR count). The second kappa shape index (κ2) is 13.3. The molecule has 2 atom stereocenters. The molecule has 202 valence electrons. The van der Waals surface area contributed by atoms with Crippen LogP contribution in [0.4, 0.5) is 10.5 Å². The second-order valence-electron chi connectivity index (χ2n) is 8.05. The molecule has 0 aliphatic rings. The van der Waals surface area contributed by atoms with Crippen LogP contribution in [0, 0.1) is 0 Å². The van der Waals surface area contributed by atoms with E-state index in [9.17, 15) is 18.0 Å². The largest absolute Gasteiger partial charge is 0.453 e. The summed E-state index contributed by atoms with van der Waals surface area (Å²) in [6, 6.07) is 8.78. The highest BCUT2D eigenvalue weighted by Gasteiger charge is 2.26. The van der Waals surface area contributed by atoms with E-state index in [4.69, 9.17) is 14.3 Å². The summed E-state index contributed by atoms with van der Waals surface area (Å²) < 4.78 is 37.9. The first-order chi connectivity index (χ1) is 18.1. The predicted octanol–water partition coefficient (Wildman–Crippen LogP) is 4.73. The van der Waals surface area contributed by atoms with Crippen molar-refractivity contribution in [2.75, 3.05) is 11.8 Å². The Morgan fingerprint density at radius 1 is 1.18 bits per heavy atom. The number of amides is 2. The van der Waals surface area contributed by atoms with Crippen molar-refractivity contribution >= 4 is 50.7 Å². The van der Waals surface area contributed by atoms with Gasteiger partial charge < -0.3 is 15.4 Å². The van der Waals surface area contributed by atoms with Crippen LogP contribution in [-0.4, -0.2) is 43.1 Å². The van der Waals surface area contributed by atoms with E-state index in [-0.39, 0.29) is 12.1 Å². The van der Waals surface area contributed by atoms with Gasteiger partial charge in [0.1, 0.15) is 11.0 Å². The normalized spacial score (nSPS) is 13.3. The molecule has 2 amide bonds. The number of benzene rings is 1. The SMILES string of the molecule is C=C/C(=C\C)C[C@@H](NC(=O)OC)C(=O)N[C@@H](Cc1ccc(NS(=O)(=O)O)cc1)c1csc(-c2cccs2)n1. The molecule has 0 aliphatic heterocycles. The molecule has 3 aromatic rings. The maximum atomic E-state index is 13.4. The summed E-state index contributed by atoms with van der Waals surface area (Å²) in [6.07, 6.45) is 3.22. The van der Waals surface area contributed by atoms with E-state index in [2.05, 4.69) is 17.2 Å². The van der Waals surface area contributed by atoms with Crippen LogP contribution in [0.3, 0.4) is 0 Å². The van der Waals surface area contributed by atoms with Crippen LogP contribution in [0.15, 0.2) is 71.5 Å². The van der Waals surface area contributed by atoms with Crippen LogP contribution in [0.1, 0.15) is 30.6 Å². The molecule has 0 saturated heterocycles. The van der Waals surface area contributed by atoms with Gasteiger partial charge in [-0.05, 0) is 42.5 Å². The van der Waals surface area contributed by atoms with Gasteiger partial charge in [0, 0.05) is 11.8 Å². The van der Waals surface area contributed by atoms with Crippen molar-refractivity contribution in [3.05, 3.63) is 82.7 Å². The standard InChI is InChI=1S/C25H28N4O6S3/c1-4-16(5-2)13-20(28-25(31)35-3)23(30)26-19(21-15-37-24(27-21)22-7-6-12-36-22)14-17-8-10-18(11-9-17)29-38(32,33)34/h4-12,15,19-20,29H,1,13-14H2,2-3H3,(H,26,30)(H,28,31)(H,32,33,34)/b16-5+/t19-,20+/m0/s1. The van der Waals surface area contributed by atoms with Crippen LogP contribution >= 0.6 is 22.7 Å². The highest BCUT2D eigenvalue weighted by Crippen LogP contribution is 2.31. The molecule has 4 N–H and O–H groups in total. The number of rotatable bonds is 12. The van der Waals surface area contributed by atoms with Gasteiger partial charge in [-0.25, -0.2) is 9.78 Å². The average molecular weight is 577 g/mol. The number of carbonyl (C=O) groups excluding carboxylic acids is 2. The molecular weight excluding hydrogens is 548 g/mol. The van der Waals surface area contributed by atoms with Gasteiger partial charge in [0.2, 0.25) is 5.91 Å². The number of thiophene rings is 1. The maximum Gasteiger partial charge on any atom is 0.407 e. The molecule has 0 fully saturated rings. The van der Waals surface area contributed by atoms with Gasteiger partial charge in [0.25, 0.3) is 0 Å². The number of allylic oxidation sites excluding steroid dienone is 2. The third kappa shape index (κ3) is 8.52. The Morgan fingerprint density at radius 2 is 1.92 bits per heavy atom. The summed E-state index contributed by atoms with van der Waals surface area (Å²) in [4.78, 5) is 31.1. The van der Waals surface area contributed by atoms with Gasteiger partial charge in [-0.3, -0.25) is 14.1 Å². The number of aromatic nitrogens is 1. The summed E-state index contributed by atoms with van der Waals surface area (Å²) >= 11 is 3.01. The third-order valence-electron chi connectivity index (χ3n) is 5.43. The van der Waals surface area contributed by atoms with E-state index in [0.717, 1.165) is 21.0 Å². The quantitative estimate of drug-likeness (QED) is 0.180. The van der Waals surface area contributed by atoms with Gasteiger partial charge in [-0.1, -0.05) is 42.5 Å². The van der Waals surface area contributed by atoms with E-state index in [1.807, 2.05) is 34.5 Å². The van der Waals surface area contributed by atoms with Gasteiger partial charge in [0.15, 0.2) is 0 Å². The number of hydrogen-bond acceptors (Lipinski definition) is 8. The number of methoxy groups -OCH3 is 1. The zero-order valence-electron chi connectivity index (χ0n) is 20.7. The highest BCUT2D eigenvalue weighted by atomic mass is 32.2. The van der Waals surface area contributed by atoms with Crippen molar-refractivity contribution in [2.45, 2.75) is 31.8 Å². The third-order valence-corrected chi connectivity index (χ3v) is 7.83. The monoisotopic (exact) mass is 576 g/mol. The fourth-order valence-corrected chi connectivity index (χ4v) is 5.64. The van der Waals surface area contributed by atoms with E-state index in [0.29, 0.717) is 12.1 Å². The first kappa shape index (κ1) is 29.0. The zero-order valence-corrected chi connectivity index (χ0v) is 23.2. The number of alkyl carbamates (subject to hydrolysis) is 1. The lowest BCUT2D eigenvalue weighted by Gasteiger charge is -2.23. The molecule has 2 heterocycles. The van der Waals surface area contributed by atoms with Crippen LogP contribution in [0.5, 0.6) is 0 Å². The number of nitrogens with one attached hydrogen (secondary N) is 3. The fraction of sp³-hybridized carbons (Fsp3) is 0.240. The van der Waals surface area contributed by atoms with Crippen molar-refractivity contribution in [3.63, 3.8) is 0 Å². The summed E-state index contributed by atoms with van der Waals surface area (Å²) in [6.45, 7) is 5.57. The minimum Gasteiger partial charge on any atom is -0.453 e. The summed E-state index contributed by atoms with van der Waals surface area (Å²) in [5, 5.41) is 10.2. The highest BCUT2D eigenvalue weighted by molar-refractivity contribution is 7.87. The number of carbonyl (C=O) groups is 2. The number of ether oxygens (including phenoxy) is 1. The lowest BCUT2D eigenvalue weighted by molar-refractivity contribution is -0.123. The van der Waals surface area contributed by atoms with Gasteiger partial charge >= 0.3 is 16.4 Å². The Bertz CT molecular complexity index is 1380. The van der Waals surface area contributed by atoms with E-state index in [1.54, 1.807) is 35.6 Å². The zero-order chi connectivity index (χ0) is 27.7. The van der Waals surface area contributed by atoms with E-state index in [1.165, 1.54) is 30.6 Å². The Balaban J connectivity index is 1.88. The summed E-state index contributed by atoms with van der Waals surface area (Å²) in [5.41, 5.74) is 2.38. The second-order valence-corrected chi connectivity index (χ2v) is 11.0. The number of hydrogen-bond donors (Lipinski definition) is 4. The van der Waals surface area contributed by atoms with Crippen molar-refractivity contribution in [2.24, 2.45) is 0 Å². The first-order valence-electron chi connectivity index (χ1n) is 11.4. The van der Waals surface area contributed by atoms with Crippen LogP contribution < -0.4 is 15.4 Å². The van der Waals surface area contributed by atoms with Gasteiger partial charge in [-0.2, -0.15) is 8.42 Å². The first-order valence-corrected chi connectivity index (χ1v) is 14.6. The summed E-state index contributed by atoms with van der Waals surface area (Å²) in [7, 11) is -3.18. The molecule has 2 aromatic heterocycles. The fourth-order valence-electron chi connectivity index (χ4n) is 3.52. The Morgan fingerprint density at radius 3 is 2.50 bits per heavy atom. The molecule has 10 nitrogen and oxygen atoms in total. The van der Waals surface area contributed by atoms with Crippen LogP contribution in [0.2, 0.25) is 0 Å². The topological polar surface area (TPSA) is 147 Å². The van der Waals surface area contributed by atoms with Crippen molar-refractivity contribution in [3.8, 4) is 9.88 Å². The van der Waals surface area contributed by atoms with Crippen molar-refractivity contribution < 1.29 is 27.3 Å². The Labute approximate surface area is 229 Å². The molecule has 13 heteroatoms. The van der Waals surface area contributed by atoms with Crippen LogP contribution in [-0.2, 0) is 26.3 Å². The number of nitrogens with zero attached hydrogens (tertiary/aromatic N) is 1. The molecule has 1 aromatic carbocycles. The minimum absolute atomic E-state index is 0.191. The molecule has 0 spiro atoms. The number of anilines is 1. The molecular formula is C25H28N4O6S3. The van der Waals surface area contributed by atoms with Gasteiger partial charge in [0.05, 0.1) is 29.4 Å². The molecule has 0 bridgehead atoms. The molecule has 38 heavy (non-hydrogen) atoms. The molecule has 0 unspecified atom stereocenters. The maximum absolute atomic E-state index is 13.4. The van der Waals surface area contributed by atoms with Crippen molar-refractivity contribution in [1.82, 2.24) is 15.6 Å². The smallest absolute Gasteiger partial charge is 0.407 e. The molecule has 0 saturated carbocycles. The van der Waals surface area contributed by atoms with E-state index >= 15 is 0 Å². The van der Waals surface area contributed by atoms with Gasteiger partial charge in [-0.15, -0.1) is 22.7 Å².